The van der Waals surface area contributed by atoms with Crippen molar-refractivity contribution in [3.63, 3.8) is 0 Å². The van der Waals surface area contributed by atoms with Crippen LogP contribution in [0.5, 0.6) is 0 Å². The first-order valence-corrected chi connectivity index (χ1v) is 10.1. The number of aromatic nitrogens is 1. The van der Waals surface area contributed by atoms with Crippen LogP contribution in [-0.2, 0) is 16.1 Å². The van der Waals surface area contributed by atoms with Gasteiger partial charge in [-0.25, -0.2) is 0 Å². The van der Waals surface area contributed by atoms with Gasteiger partial charge in [-0.2, -0.15) is 0 Å². The number of nitrogens with one attached hydrogen (secondary N) is 1. The Kier molecular flexibility index (Phi) is 5.21. The predicted molar refractivity (Wildman–Crippen MR) is 110 cm³/mol. The highest BCUT2D eigenvalue weighted by atomic mass is 32.1. The molecule has 3 heterocycles. The highest BCUT2D eigenvalue weighted by molar-refractivity contribution is 7.10. The van der Waals surface area contributed by atoms with Crippen LogP contribution in [0.1, 0.15) is 28.6 Å². The standard InChI is InChI=1S/C22H21N3O2S/c1-15-7-9-17(10-8-15)25-20(26)13-18(21(25)19-6-4-12-28-19)22(27)24-14-16-5-2-3-11-23-16/h2-12,18,21H,13-14H2,1H3,(H,24,27)/t18-,21+/m0/s1. The maximum Gasteiger partial charge on any atom is 0.228 e. The molecular weight excluding hydrogens is 370 g/mol. The van der Waals surface area contributed by atoms with Gasteiger partial charge in [-0.1, -0.05) is 29.8 Å². The van der Waals surface area contributed by atoms with Crippen LogP contribution in [0, 0.1) is 12.8 Å². The first-order chi connectivity index (χ1) is 13.6. The third-order valence-electron chi connectivity index (χ3n) is 4.98. The van der Waals surface area contributed by atoms with Gasteiger partial charge >= 0.3 is 0 Å². The van der Waals surface area contributed by atoms with Gasteiger partial charge in [0.2, 0.25) is 11.8 Å². The number of nitrogens with zero attached hydrogens (tertiary/aromatic N) is 2. The molecule has 0 bridgehead atoms. The van der Waals surface area contributed by atoms with Crippen LogP contribution >= 0.6 is 11.3 Å². The summed E-state index contributed by atoms with van der Waals surface area (Å²) in [5.41, 5.74) is 2.75. The van der Waals surface area contributed by atoms with Crippen LogP contribution < -0.4 is 10.2 Å². The number of aryl methyl sites for hydroxylation is 1. The number of hydrogen-bond donors (Lipinski definition) is 1. The van der Waals surface area contributed by atoms with Crippen LogP contribution in [0.3, 0.4) is 0 Å². The molecule has 4 rings (SSSR count). The number of rotatable bonds is 5. The lowest BCUT2D eigenvalue weighted by molar-refractivity contribution is -0.127. The molecule has 28 heavy (non-hydrogen) atoms. The normalized spacial score (nSPS) is 19.0. The van der Waals surface area contributed by atoms with Crippen LogP contribution in [-0.4, -0.2) is 16.8 Å². The van der Waals surface area contributed by atoms with Crippen molar-refractivity contribution in [1.82, 2.24) is 10.3 Å². The number of hydrogen-bond acceptors (Lipinski definition) is 4. The summed E-state index contributed by atoms with van der Waals surface area (Å²) in [5, 5.41) is 4.94. The zero-order valence-electron chi connectivity index (χ0n) is 15.5. The SMILES string of the molecule is Cc1ccc(N2C(=O)C[C@H](C(=O)NCc3ccccn3)[C@@H]2c2cccs2)cc1. The van der Waals surface area contributed by atoms with E-state index in [1.165, 1.54) is 0 Å². The summed E-state index contributed by atoms with van der Waals surface area (Å²) in [6.45, 7) is 2.37. The number of carbonyl (C=O) groups is 2. The molecule has 0 unspecified atom stereocenters. The van der Waals surface area contributed by atoms with E-state index in [4.69, 9.17) is 0 Å². The van der Waals surface area contributed by atoms with Gasteiger partial charge < -0.3 is 10.2 Å². The van der Waals surface area contributed by atoms with E-state index < -0.39 is 5.92 Å². The zero-order chi connectivity index (χ0) is 19.5. The predicted octanol–water partition coefficient (Wildman–Crippen LogP) is 3.86. The van der Waals surface area contributed by atoms with Crippen LogP contribution in [0.2, 0.25) is 0 Å². The molecule has 1 aliphatic heterocycles. The van der Waals surface area contributed by atoms with Crippen molar-refractivity contribution >= 4 is 28.8 Å². The Morgan fingerprint density at radius 1 is 1.18 bits per heavy atom. The Balaban J connectivity index is 1.60. The molecular formula is C22H21N3O2S. The van der Waals surface area contributed by atoms with Gasteiger partial charge in [-0.15, -0.1) is 11.3 Å². The van der Waals surface area contributed by atoms with Crippen LogP contribution in [0.25, 0.3) is 0 Å². The molecule has 0 radical (unpaired) electrons. The molecule has 1 N–H and O–H groups in total. The molecule has 3 aromatic rings. The largest absolute Gasteiger partial charge is 0.350 e. The molecule has 2 aromatic heterocycles. The third kappa shape index (κ3) is 3.68. The lowest BCUT2D eigenvalue weighted by Gasteiger charge is -2.27. The summed E-state index contributed by atoms with van der Waals surface area (Å²) in [6.07, 6.45) is 1.90. The van der Waals surface area contributed by atoms with Gasteiger partial charge in [-0.05, 0) is 42.6 Å². The molecule has 5 nitrogen and oxygen atoms in total. The molecule has 1 saturated heterocycles. The second-order valence-corrected chi connectivity index (χ2v) is 7.89. The van der Waals surface area contributed by atoms with E-state index in [0.717, 1.165) is 21.8 Å². The Morgan fingerprint density at radius 2 is 2.00 bits per heavy atom. The summed E-state index contributed by atoms with van der Waals surface area (Å²) in [4.78, 5) is 32.9. The van der Waals surface area contributed by atoms with E-state index in [2.05, 4.69) is 10.3 Å². The van der Waals surface area contributed by atoms with E-state index >= 15 is 0 Å². The number of thiophene rings is 1. The van der Waals surface area contributed by atoms with Gasteiger partial charge in [0, 0.05) is 23.2 Å². The Labute approximate surface area is 168 Å². The fraction of sp³-hybridized carbons (Fsp3) is 0.227. The third-order valence-corrected chi connectivity index (χ3v) is 5.92. The molecule has 0 aliphatic carbocycles. The van der Waals surface area contributed by atoms with Crippen LogP contribution in [0.4, 0.5) is 5.69 Å². The van der Waals surface area contributed by atoms with E-state index in [-0.39, 0.29) is 24.3 Å². The molecule has 0 saturated carbocycles. The summed E-state index contributed by atoms with van der Waals surface area (Å²) in [7, 11) is 0. The van der Waals surface area contributed by atoms with Gasteiger partial charge in [0.15, 0.2) is 0 Å². The van der Waals surface area contributed by atoms with Crippen molar-refractivity contribution in [1.29, 1.82) is 0 Å². The minimum atomic E-state index is -0.434. The average molecular weight is 391 g/mol. The van der Waals surface area contributed by atoms with Crippen LogP contribution in [0.15, 0.2) is 66.2 Å². The first kappa shape index (κ1) is 18.4. The summed E-state index contributed by atoms with van der Waals surface area (Å²) >= 11 is 1.57. The number of pyridine rings is 1. The molecule has 0 spiro atoms. The van der Waals surface area contributed by atoms with Gasteiger partial charge in [-0.3, -0.25) is 14.6 Å². The van der Waals surface area contributed by atoms with Crippen molar-refractivity contribution < 1.29 is 9.59 Å². The second kappa shape index (κ2) is 7.94. The summed E-state index contributed by atoms with van der Waals surface area (Å²) < 4.78 is 0. The fourth-order valence-electron chi connectivity index (χ4n) is 3.58. The van der Waals surface area contributed by atoms with E-state index in [9.17, 15) is 9.59 Å². The van der Waals surface area contributed by atoms with E-state index in [0.29, 0.717) is 6.54 Å². The number of carbonyl (C=O) groups excluding carboxylic acids is 2. The van der Waals surface area contributed by atoms with E-state index in [1.54, 1.807) is 22.4 Å². The highest BCUT2D eigenvalue weighted by Crippen LogP contribution is 2.43. The van der Waals surface area contributed by atoms with Crippen molar-refractivity contribution in [2.45, 2.75) is 25.9 Å². The summed E-state index contributed by atoms with van der Waals surface area (Å²) in [5.74, 6) is -0.580. The minimum absolute atomic E-state index is 0.0276. The van der Waals surface area contributed by atoms with Gasteiger partial charge in [0.25, 0.3) is 0 Å². The maximum absolute atomic E-state index is 13.0. The van der Waals surface area contributed by atoms with Gasteiger partial charge in [0.05, 0.1) is 24.2 Å². The Bertz CT molecular complexity index is 955. The Morgan fingerprint density at radius 3 is 2.68 bits per heavy atom. The van der Waals surface area contributed by atoms with Crippen molar-refractivity contribution in [2.24, 2.45) is 5.92 Å². The monoisotopic (exact) mass is 391 g/mol. The quantitative estimate of drug-likeness (QED) is 0.718. The molecule has 2 atom stereocenters. The maximum atomic E-state index is 13.0. The Hall–Kier alpha value is -2.99. The number of amides is 2. The molecule has 142 valence electrons. The van der Waals surface area contributed by atoms with Crippen molar-refractivity contribution in [3.05, 3.63) is 82.3 Å². The molecule has 1 aliphatic rings. The molecule has 2 amide bonds. The first-order valence-electron chi connectivity index (χ1n) is 9.23. The fourth-order valence-corrected chi connectivity index (χ4v) is 4.46. The number of benzene rings is 1. The van der Waals surface area contributed by atoms with Crippen molar-refractivity contribution in [2.75, 3.05) is 4.90 Å². The number of anilines is 1. The smallest absolute Gasteiger partial charge is 0.228 e. The zero-order valence-corrected chi connectivity index (χ0v) is 16.4. The molecule has 6 heteroatoms. The molecule has 1 aromatic carbocycles. The molecule has 1 fully saturated rings. The topological polar surface area (TPSA) is 62.3 Å². The lowest BCUT2D eigenvalue weighted by Crippen LogP contribution is -2.35. The minimum Gasteiger partial charge on any atom is -0.350 e. The lowest BCUT2D eigenvalue weighted by atomic mass is 9.97. The highest BCUT2D eigenvalue weighted by Gasteiger charge is 2.45. The van der Waals surface area contributed by atoms with E-state index in [1.807, 2.05) is 66.9 Å². The van der Waals surface area contributed by atoms with Crippen molar-refractivity contribution in [3.8, 4) is 0 Å². The second-order valence-electron chi connectivity index (χ2n) is 6.91. The average Bonchev–Trinajstić information content (AvgIpc) is 3.35. The van der Waals surface area contributed by atoms with Gasteiger partial charge in [0.1, 0.15) is 0 Å². The summed E-state index contributed by atoms with van der Waals surface area (Å²) in [6, 6.07) is 17.1.